The largest absolute Gasteiger partial charge is 0.478 e. The molecule has 1 aromatic carbocycles. The van der Waals surface area contributed by atoms with Crippen LogP contribution in [-0.2, 0) is 6.54 Å². The molecule has 0 saturated carbocycles. The van der Waals surface area contributed by atoms with Gasteiger partial charge in [-0.25, -0.2) is 4.79 Å². The number of likely N-dealkylation sites (N-methyl/N-ethyl adjacent to an activating group) is 1. The van der Waals surface area contributed by atoms with E-state index in [1.54, 1.807) is 24.4 Å². The van der Waals surface area contributed by atoms with Crippen molar-refractivity contribution in [2.24, 2.45) is 0 Å². The lowest BCUT2D eigenvalue weighted by molar-refractivity contribution is 0.0697. The second kappa shape index (κ2) is 8.67. The Labute approximate surface area is 136 Å². The fourth-order valence-electron chi connectivity index (χ4n) is 1.77. The van der Waals surface area contributed by atoms with Crippen LogP contribution in [-0.4, -0.2) is 46.4 Å². The van der Waals surface area contributed by atoms with Crippen LogP contribution >= 0.6 is 24.8 Å². The summed E-state index contributed by atoms with van der Waals surface area (Å²) < 4.78 is 1.86. The Bertz CT molecular complexity index is 585. The molecule has 2 rings (SSSR count). The third-order valence-electron chi connectivity index (χ3n) is 2.85. The van der Waals surface area contributed by atoms with E-state index in [9.17, 15) is 4.79 Å². The molecule has 1 heterocycles. The maximum absolute atomic E-state index is 10.9. The first kappa shape index (κ1) is 19.4. The minimum Gasteiger partial charge on any atom is -0.478 e. The molecule has 0 radical (unpaired) electrons. The van der Waals surface area contributed by atoms with Gasteiger partial charge in [-0.2, -0.15) is 5.10 Å². The van der Waals surface area contributed by atoms with Crippen LogP contribution in [0.2, 0.25) is 0 Å². The van der Waals surface area contributed by atoms with Crippen LogP contribution in [0.3, 0.4) is 0 Å². The average molecular weight is 332 g/mol. The molecule has 0 amide bonds. The Morgan fingerprint density at radius 1 is 1.29 bits per heavy atom. The predicted molar refractivity (Wildman–Crippen MR) is 87.7 cm³/mol. The monoisotopic (exact) mass is 331 g/mol. The van der Waals surface area contributed by atoms with Gasteiger partial charge in [-0.1, -0.05) is 12.1 Å². The van der Waals surface area contributed by atoms with E-state index in [4.69, 9.17) is 5.11 Å². The fraction of sp³-hybridized carbons (Fsp3) is 0.286. The Morgan fingerprint density at radius 2 is 2.00 bits per heavy atom. The number of nitrogens with zero attached hydrogens (tertiary/aromatic N) is 3. The van der Waals surface area contributed by atoms with Gasteiger partial charge in [0.25, 0.3) is 0 Å². The van der Waals surface area contributed by atoms with Crippen molar-refractivity contribution in [2.75, 3.05) is 20.6 Å². The third-order valence-corrected chi connectivity index (χ3v) is 2.85. The molecular formula is C14H19Cl2N3O2. The molecule has 0 aliphatic rings. The standard InChI is InChI=1S/C14H17N3O2.2ClH/c1-16(2)6-7-17-10-13(9-15-17)11-4-3-5-12(8-11)14(18)19;;/h3-5,8-10H,6-7H2,1-2H3,(H,18,19);2*1H. The van der Waals surface area contributed by atoms with E-state index in [0.717, 1.165) is 24.2 Å². The molecule has 5 nitrogen and oxygen atoms in total. The number of benzene rings is 1. The second-order valence-electron chi connectivity index (χ2n) is 4.68. The Hall–Kier alpha value is -1.56. The smallest absolute Gasteiger partial charge is 0.335 e. The van der Waals surface area contributed by atoms with Crippen LogP contribution in [0.25, 0.3) is 11.1 Å². The van der Waals surface area contributed by atoms with Crippen LogP contribution in [0.5, 0.6) is 0 Å². The van der Waals surface area contributed by atoms with Gasteiger partial charge >= 0.3 is 5.97 Å². The number of hydrogen-bond donors (Lipinski definition) is 1. The third kappa shape index (κ3) is 5.38. The minimum absolute atomic E-state index is 0. The molecule has 0 fully saturated rings. The van der Waals surface area contributed by atoms with Gasteiger partial charge in [0.2, 0.25) is 0 Å². The van der Waals surface area contributed by atoms with Gasteiger partial charge in [0.05, 0.1) is 18.3 Å². The molecule has 1 N–H and O–H groups in total. The maximum Gasteiger partial charge on any atom is 0.335 e. The number of halogens is 2. The summed E-state index contributed by atoms with van der Waals surface area (Å²) in [5.74, 6) is -0.915. The van der Waals surface area contributed by atoms with Crippen molar-refractivity contribution >= 4 is 30.8 Å². The summed E-state index contributed by atoms with van der Waals surface area (Å²) in [7, 11) is 4.03. The number of carboxylic acids is 1. The van der Waals surface area contributed by atoms with Crippen molar-refractivity contribution in [1.82, 2.24) is 14.7 Å². The fourth-order valence-corrected chi connectivity index (χ4v) is 1.77. The number of aromatic nitrogens is 2. The first-order chi connectivity index (χ1) is 9.06. The molecule has 0 aliphatic heterocycles. The summed E-state index contributed by atoms with van der Waals surface area (Å²) in [5.41, 5.74) is 2.09. The van der Waals surface area contributed by atoms with Gasteiger partial charge in [0.1, 0.15) is 0 Å². The second-order valence-corrected chi connectivity index (χ2v) is 4.68. The first-order valence-electron chi connectivity index (χ1n) is 6.07. The van der Waals surface area contributed by atoms with Gasteiger partial charge < -0.3 is 10.0 Å². The molecule has 0 atom stereocenters. The van der Waals surface area contributed by atoms with Crippen molar-refractivity contribution in [3.8, 4) is 11.1 Å². The van der Waals surface area contributed by atoms with Crippen LogP contribution < -0.4 is 0 Å². The first-order valence-corrected chi connectivity index (χ1v) is 6.07. The summed E-state index contributed by atoms with van der Waals surface area (Å²) >= 11 is 0. The van der Waals surface area contributed by atoms with Crippen molar-refractivity contribution in [3.05, 3.63) is 42.2 Å². The predicted octanol–water partition coefficient (Wildman–Crippen LogP) is 2.65. The van der Waals surface area contributed by atoms with Crippen LogP contribution in [0.15, 0.2) is 36.7 Å². The topological polar surface area (TPSA) is 58.4 Å². The molecule has 116 valence electrons. The van der Waals surface area contributed by atoms with Crippen LogP contribution in [0.1, 0.15) is 10.4 Å². The average Bonchev–Trinajstić information content (AvgIpc) is 2.85. The molecule has 7 heteroatoms. The Morgan fingerprint density at radius 3 is 2.62 bits per heavy atom. The van der Waals surface area contributed by atoms with Crippen molar-refractivity contribution in [1.29, 1.82) is 0 Å². The number of carboxylic acid groups (broad SMARTS) is 1. The van der Waals surface area contributed by atoms with Gasteiger partial charge in [-0.15, -0.1) is 24.8 Å². The highest BCUT2D eigenvalue weighted by Crippen LogP contribution is 2.19. The molecule has 2 aromatic rings. The van der Waals surface area contributed by atoms with Crippen molar-refractivity contribution in [2.45, 2.75) is 6.54 Å². The molecule has 0 spiro atoms. The highest BCUT2D eigenvalue weighted by molar-refractivity contribution is 5.89. The van der Waals surface area contributed by atoms with E-state index in [1.807, 2.05) is 31.0 Å². The summed E-state index contributed by atoms with van der Waals surface area (Å²) in [4.78, 5) is 13.0. The van der Waals surface area contributed by atoms with Crippen molar-refractivity contribution in [3.63, 3.8) is 0 Å². The normalized spacial score (nSPS) is 9.86. The summed E-state index contributed by atoms with van der Waals surface area (Å²) in [6, 6.07) is 6.88. The quantitative estimate of drug-likeness (QED) is 0.915. The maximum atomic E-state index is 10.9. The lowest BCUT2D eigenvalue weighted by Gasteiger charge is -2.08. The van der Waals surface area contributed by atoms with Gasteiger partial charge in [0, 0.05) is 18.3 Å². The number of carbonyl (C=O) groups is 1. The van der Waals surface area contributed by atoms with Gasteiger partial charge in [-0.05, 0) is 31.8 Å². The summed E-state index contributed by atoms with van der Waals surface area (Å²) in [6.45, 7) is 1.72. The molecule has 1 aromatic heterocycles. The van der Waals surface area contributed by atoms with E-state index in [1.165, 1.54) is 0 Å². The SMILES string of the molecule is CN(C)CCn1cc(-c2cccc(C(=O)O)c2)cn1.Cl.Cl. The Balaban J connectivity index is 0.00000200. The summed E-state index contributed by atoms with van der Waals surface area (Å²) in [5, 5.41) is 13.3. The van der Waals surface area contributed by atoms with E-state index in [2.05, 4.69) is 10.00 Å². The highest BCUT2D eigenvalue weighted by Gasteiger charge is 2.06. The van der Waals surface area contributed by atoms with Gasteiger partial charge in [0.15, 0.2) is 0 Å². The molecule has 0 aliphatic carbocycles. The summed E-state index contributed by atoms with van der Waals surface area (Å²) in [6.07, 6.45) is 3.70. The number of aromatic carboxylic acids is 1. The van der Waals surface area contributed by atoms with Crippen LogP contribution in [0.4, 0.5) is 0 Å². The number of hydrogen-bond acceptors (Lipinski definition) is 3. The molecular weight excluding hydrogens is 313 g/mol. The van der Waals surface area contributed by atoms with E-state index in [-0.39, 0.29) is 24.8 Å². The van der Waals surface area contributed by atoms with Gasteiger partial charge in [-0.3, -0.25) is 4.68 Å². The zero-order chi connectivity index (χ0) is 13.8. The zero-order valence-electron chi connectivity index (χ0n) is 11.9. The molecule has 0 saturated heterocycles. The number of rotatable bonds is 5. The molecule has 0 bridgehead atoms. The molecule has 0 unspecified atom stereocenters. The zero-order valence-corrected chi connectivity index (χ0v) is 13.5. The highest BCUT2D eigenvalue weighted by atomic mass is 35.5. The lowest BCUT2D eigenvalue weighted by atomic mass is 10.1. The lowest BCUT2D eigenvalue weighted by Crippen LogP contribution is -2.18. The van der Waals surface area contributed by atoms with E-state index >= 15 is 0 Å². The molecule has 21 heavy (non-hydrogen) atoms. The van der Waals surface area contributed by atoms with E-state index < -0.39 is 5.97 Å². The van der Waals surface area contributed by atoms with Crippen molar-refractivity contribution < 1.29 is 9.90 Å². The van der Waals surface area contributed by atoms with E-state index in [0.29, 0.717) is 5.56 Å². The Kier molecular flexibility index (Phi) is 8.02. The van der Waals surface area contributed by atoms with Crippen LogP contribution in [0, 0.1) is 0 Å². The minimum atomic E-state index is -0.915.